The van der Waals surface area contributed by atoms with Crippen LogP contribution >= 0.6 is 0 Å². The molecule has 4 rings (SSSR count). The quantitative estimate of drug-likeness (QED) is 0.0434. The van der Waals surface area contributed by atoms with Crippen molar-refractivity contribution in [3.05, 3.63) is 89.5 Å². The second-order valence-corrected chi connectivity index (χ2v) is 12.7. The highest BCUT2D eigenvalue weighted by Gasteiger charge is 2.37. The van der Waals surface area contributed by atoms with Crippen LogP contribution in [0.15, 0.2) is 78.4 Å². The van der Waals surface area contributed by atoms with Gasteiger partial charge in [-0.3, -0.25) is 24.2 Å². The Morgan fingerprint density at radius 3 is 1.54 bits per heavy atom. The van der Waals surface area contributed by atoms with Crippen LogP contribution in [-0.2, 0) is 14.4 Å². The van der Waals surface area contributed by atoms with E-state index in [1.807, 2.05) is 24.3 Å². The lowest BCUT2D eigenvalue weighted by atomic mass is 10.0. The molecule has 0 aliphatic carbocycles. The second kappa shape index (κ2) is 19.2. The van der Waals surface area contributed by atoms with Crippen LogP contribution in [-0.4, -0.2) is 53.7 Å². The first kappa shape index (κ1) is 37.8. The summed E-state index contributed by atoms with van der Waals surface area (Å²) in [7, 11) is 2.62. The molecule has 1 aliphatic rings. The Labute approximate surface area is 295 Å². The summed E-state index contributed by atoms with van der Waals surface area (Å²) in [5.41, 5.74) is 2.55. The van der Waals surface area contributed by atoms with Gasteiger partial charge in [0.25, 0.3) is 11.8 Å². The van der Waals surface area contributed by atoms with E-state index in [1.54, 1.807) is 48.5 Å². The zero-order valence-electron chi connectivity index (χ0n) is 29.5. The fraction of sp³-hybridized carbons (Fsp3) is 0.390. The van der Waals surface area contributed by atoms with Gasteiger partial charge in [0.2, 0.25) is 0 Å². The van der Waals surface area contributed by atoms with Crippen molar-refractivity contribution >= 4 is 35.9 Å². The van der Waals surface area contributed by atoms with Gasteiger partial charge in [-0.1, -0.05) is 114 Å². The zero-order chi connectivity index (χ0) is 35.9. The average Bonchev–Trinajstić information content (AvgIpc) is 3.13. The van der Waals surface area contributed by atoms with Gasteiger partial charge in [0.05, 0.1) is 5.56 Å². The van der Waals surface area contributed by atoms with Crippen LogP contribution in [0.4, 0.5) is 4.79 Å². The molecule has 264 valence electrons. The summed E-state index contributed by atoms with van der Waals surface area (Å²) < 4.78 is 11.0. The van der Waals surface area contributed by atoms with Gasteiger partial charge < -0.3 is 9.47 Å². The summed E-state index contributed by atoms with van der Waals surface area (Å²) in [6.07, 6.45) is 16.8. The largest absolute Gasteiger partial charge is 0.427 e. The molecule has 0 aromatic heterocycles. The van der Waals surface area contributed by atoms with E-state index in [2.05, 4.69) is 6.92 Å². The van der Waals surface area contributed by atoms with Crippen molar-refractivity contribution in [1.29, 1.82) is 0 Å². The first-order valence-corrected chi connectivity index (χ1v) is 17.7. The molecule has 9 heteroatoms. The minimum absolute atomic E-state index is 0.139. The predicted molar refractivity (Wildman–Crippen MR) is 194 cm³/mol. The molecule has 1 fully saturated rings. The van der Waals surface area contributed by atoms with Crippen LogP contribution < -0.4 is 9.47 Å². The van der Waals surface area contributed by atoms with E-state index in [0.717, 1.165) is 40.2 Å². The third-order valence-electron chi connectivity index (χ3n) is 8.82. The third kappa shape index (κ3) is 11.0. The lowest BCUT2D eigenvalue weighted by Crippen LogP contribution is -2.52. The highest BCUT2D eigenvalue weighted by Crippen LogP contribution is 2.25. The highest BCUT2D eigenvalue weighted by atomic mass is 16.5. The summed E-state index contributed by atoms with van der Waals surface area (Å²) in [6.45, 7) is 2.25. The van der Waals surface area contributed by atoms with Crippen molar-refractivity contribution < 1.29 is 33.4 Å². The summed E-state index contributed by atoms with van der Waals surface area (Å²) in [5.74, 6) is -1.33. The molecule has 0 radical (unpaired) electrons. The van der Waals surface area contributed by atoms with Gasteiger partial charge in [-0.2, -0.15) is 0 Å². The number of unbranched alkanes of at least 4 members (excludes halogenated alkanes) is 11. The number of hydrogen-bond donors (Lipinski definition) is 0. The SMILES string of the molecule is CCCCCCCCCCCCCCC(=O)Oc1ccc(-c2ccc(C(=O)Oc3ccc(C=C4C(=O)N(C)C(=O)N(C)C4=O)cc3)cc2)cc1. The second-order valence-electron chi connectivity index (χ2n) is 12.7. The molecule has 0 N–H and O–H groups in total. The lowest BCUT2D eigenvalue weighted by Gasteiger charge is -2.28. The van der Waals surface area contributed by atoms with E-state index in [9.17, 15) is 24.0 Å². The van der Waals surface area contributed by atoms with Gasteiger partial charge >= 0.3 is 18.0 Å². The van der Waals surface area contributed by atoms with Crippen molar-refractivity contribution in [3.8, 4) is 22.6 Å². The molecular formula is C41H48N2O7. The molecule has 0 saturated carbocycles. The number of imide groups is 2. The van der Waals surface area contributed by atoms with E-state index in [0.29, 0.717) is 23.3 Å². The molecule has 50 heavy (non-hydrogen) atoms. The predicted octanol–water partition coefficient (Wildman–Crippen LogP) is 9.00. The summed E-state index contributed by atoms with van der Waals surface area (Å²) >= 11 is 0. The number of barbiturate groups is 1. The number of likely N-dealkylation sites (N-methyl/N-ethyl adjacent to an activating group) is 2. The number of nitrogens with zero attached hydrogens (tertiary/aromatic N) is 2. The molecule has 0 unspecified atom stereocenters. The molecular weight excluding hydrogens is 632 g/mol. The minimum atomic E-state index is -0.691. The Morgan fingerprint density at radius 1 is 0.580 bits per heavy atom. The maximum Gasteiger partial charge on any atom is 0.343 e. The highest BCUT2D eigenvalue weighted by molar-refractivity contribution is 6.30. The number of hydrogen-bond acceptors (Lipinski definition) is 7. The van der Waals surface area contributed by atoms with E-state index >= 15 is 0 Å². The van der Waals surface area contributed by atoms with Crippen LogP contribution in [0.1, 0.15) is 106 Å². The molecule has 1 saturated heterocycles. The topological polar surface area (TPSA) is 110 Å². The maximum atomic E-state index is 12.8. The van der Waals surface area contributed by atoms with Crippen molar-refractivity contribution in [2.75, 3.05) is 14.1 Å². The van der Waals surface area contributed by atoms with Gasteiger partial charge in [0, 0.05) is 20.5 Å². The Kier molecular flexibility index (Phi) is 14.5. The lowest BCUT2D eigenvalue weighted by molar-refractivity contribution is -0.135. The number of carbonyl (C=O) groups is 5. The number of amides is 4. The smallest absolute Gasteiger partial charge is 0.343 e. The minimum Gasteiger partial charge on any atom is -0.427 e. The van der Waals surface area contributed by atoms with Gasteiger partial charge in [-0.05, 0) is 65.6 Å². The number of rotatable bonds is 18. The maximum absolute atomic E-state index is 12.8. The molecule has 0 spiro atoms. The summed E-state index contributed by atoms with van der Waals surface area (Å²) in [5, 5.41) is 0. The van der Waals surface area contributed by atoms with Gasteiger partial charge in [-0.15, -0.1) is 0 Å². The molecule has 1 aliphatic heterocycles. The number of carbonyl (C=O) groups excluding carboxylic acids is 5. The summed E-state index contributed by atoms with van der Waals surface area (Å²) in [4.78, 5) is 63.7. The molecule has 1 heterocycles. The molecule has 3 aromatic carbocycles. The fourth-order valence-corrected chi connectivity index (χ4v) is 5.75. The monoisotopic (exact) mass is 680 g/mol. The van der Waals surface area contributed by atoms with Crippen LogP contribution in [0.2, 0.25) is 0 Å². The first-order chi connectivity index (χ1) is 24.2. The van der Waals surface area contributed by atoms with Crippen molar-refractivity contribution in [3.63, 3.8) is 0 Å². The molecule has 3 aromatic rings. The van der Waals surface area contributed by atoms with Gasteiger partial charge in [-0.25, -0.2) is 9.59 Å². The van der Waals surface area contributed by atoms with E-state index in [-0.39, 0.29) is 17.3 Å². The van der Waals surface area contributed by atoms with E-state index in [1.165, 1.54) is 78.0 Å². The average molecular weight is 681 g/mol. The van der Waals surface area contributed by atoms with E-state index < -0.39 is 23.8 Å². The Morgan fingerprint density at radius 2 is 1.02 bits per heavy atom. The number of benzene rings is 3. The van der Waals surface area contributed by atoms with Crippen molar-refractivity contribution in [2.24, 2.45) is 0 Å². The van der Waals surface area contributed by atoms with Crippen molar-refractivity contribution in [1.82, 2.24) is 9.80 Å². The molecule has 4 amide bonds. The third-order valence-corrected chi connectivity index (χ3v) is 8.82. The number of ether oxygens (including phenoxy) is 2. The Bertz CT molecular complexity index is 1620. The van der Waals surface area contributed by atoms with Gasteiger partial charge in [0.15, 0.2) is 0 Å². The Balaban J connectivity index is 1.18. The number of esters is 2. The number of urea groups is 1. The molecule has 9 nitrogen and oxygen atoms in total. The van der Waals surface area contributed by atoms with E-state index in [4.69, 9.17) is 9.47 Å². The molecule has 0 atom stereocenters. The standard InChI is InChI=1S/C41H48N2O7/c1-4-5-6-7-8-9-10-11-12-13-14-15-16-37(44)49-34-27-23-32(24-28-34)31-19-21-33(22-20-31)40(47)50-35-25-17-30(18-26-35)29-36-38(45)42(2)41(48)43(3)39(36)46/h17-29H,4-16H2,1-3H3. The molecule has 0 bridgehead atoms. The van der Waals surface area contributed by atoms with Crippen LogP contribution in [0, 0.1) is 0 Å². The zero-order valence-corrected chi connectivity index (χ0v) is 29.5. The van der Waals surface area contributed by atoms with Gasteiger partial charge in [0.1, 0.15) is 17.1 Å². The Hall–Kier alpha value is -5.05. The van der Waals surface area contributed by atoms with Crippen LogP contribution in [0.5, 0.6) is 11.5 Å². The fourth-order valence-electron chi connectivity index (χ4n) is 5.75. The van der Waals surface area contributed by atoms with Crippen LogP contribution in [0.25, 0.3) is 17.2 Å². The first-order valence-electron chi connectivity index (χ1n) is 17.7. The van der Waals surface area contributed by atoms with Crippen LogP contribution in [0.3, 0.4) is 0 Å². The van der Waals surface area contributed by atoms with Crippen molar-refractivity contribution in [2.45, 2.75) is 90.4 Å². The summed E-state index contributed by atoms with van der Waals surface area (Å²) in [6, 6.07) is 19.9. The normalized spacial score (nSPS) is 13.1.